The molecular formula is C20H22N2O5S2. The van der Waals surface area contributed by atoms with E-state index in [1.807, 2.05) is 29.6 Å². The summed E-state index contributed by atoms with van der Waals surface area (Å²) in [6.45, 7) is 0.188. The number of nitrogens with zero attached hydrogens (tertiary/aromatic N) is 1. The maximum absolute atomic E-state index is 12.2. The summed E-state index contributed by atoms with van der Waals surface area (Å²) in [5.41, 5.74) is 1.62. The molecule has 3 rings (SSSR count). The molecule has 0 saturated heterocycles. The van der Waals surface area contributed by atoms with Crippen LogP contribution in [-0.2, 0) is 16.6 Å². The van der Waals surface area contributed by atoms with Crippen LogP contribution in [-0.4, -0.2) is 40.0 Å². The molecule has 154 valence electrons. The first-order chi connectivity index (χ1) is 14.0. The molecule has 9 heteroatoms. The van der Waals surface area contributed by atoms with Gasteiger partial charge in [0.2, 0.25) is 10.0 Å². The number of rotatable bonds is 10. The summed E-state index contributed by atoms with van der Waals surface area (Å²) in [5.74, 6) is 1.93. The second-order valence-corrected chi connectivity index (χ2v) is 8.82. The van der Waals surface area contributed by atoms with Crippen molar-refractivity contribution in [1.29, 1.82) is 0 Å². The van der Waals surface area contributed by atoms with Gasteiger partial charge in [0.15, 0.2) is 0 Å². The molecule has 1 aromatic heterocycles. The van der Waals surface area contributed by atoms with Gasteiger partial charge in [-0.15, -0.1) is 11.3 Å². The van der Waals surface area contributed by atoms with Gasteiger partial charge in [-0.2, -0.15) is 0 Å². The number of benzene rings is 2. The van der Waals surface area contributed by atoms with E-state index in [0.29, 0.717) is 17.2 Å². The Kier molecular flexibility index (Phi) is 7.08. The van der Waals surface area contributed by atoms with E-state index < -0.39 is 10.0 Å². The van der Waals surface area contributed by atoms with Crippen LogP contribution in [0.2, 0.25) is 0 Å². The van der Waals surface area contributed by atoms with Crippen molar-refractivity contribution in [2.45, 2.75) is 6.54 Å². The Morgan fingerprint density at radius 2 is 1.52 bits per heavy atom. The lowest BCUT2D eigenvalue weighted by atomic mass is 10.2. The molecular weight excluding hydrogens is 412 g/mol. The van der Waals surface area contributed by atoms with Crippen molar-refractivity contribution in [3.63, 3.8) is 0 Å². The van der Waals surface area contributed by atoms with E-state index >= 15 is 0 Å². The molecule has 0 fully saturated rings. The fourth-order valence-electron chi connectivity index (χ4n) is 2.45. The first kappa shape index (κ1) is 21.1. The Labute approximate surface area is 174 Å². The third-order valence-electron chi connectivity index (χ3n) is 4.04. The average molecular weight is 435 g/mol. The van der Waals surface area contributed by atoms with E-state index in [2.05, 4.69) is 9.71 Å². The normalized spacial score (nSPS) is 11.2. The van der Waals surface area contributed by atoms with Crippen molar-refractivity contribution in [2.24, 2.45) is 0 Å². The quantitative estimate of drug-likeness (QED) is 0.527. The highest BCUT2D eigenvalue weighted by Crippen LogP contribution is 2.25. The molecule has 0 atom stereocenters. The second kappa shape index (κ2) is 9.73. The number of methoxy groups -OCH3 is 2. The average Bonchev–Trinajstić information content (AvgIpc) is 3.22. The highest BCUT2D eigenvalue weighted by Gasteiger charge is 2.12. The van der Waals surface area contributed by atoms with E-state index in [1.165, 1.54) is 11.3 Å². The summed E-state index contributed by atoms with van der Waals surface area (Å²) in [4.78, 5) is 4.49. The molecule has 3 aromatic rings. The number of hydrogen-bond acceptors (Lipinski definition) is 7. The topological polar surface area (TPSA) is 86.8 Å². The molecule has 0 aliphatic rings. The van der Waals surface area contributed by atoms with Crippen LogP contribution in [0.15, 0.2) is 53.9 Å². The minimum Gasteiger partial charge on any atom is -0.497 e. The fraction of sp³-hybridized carbons (Fsp3) is 0.250. The molecule has 0 amide bonds. The van der Waals surface area contributed by atoms with Crippen LogP contribution in [0, 0.1) is 0 Å². The number of hydrogen-bond donors (Lipinski definition) is 1. The van der Waals surface area contributed by atoms with Crippen LogP contribution in [0.4, 0.5) is 0 Å². The molecule has 29 heavy (non-hydrogen) atoms. The first-order valence-corrected chi connectivity index (χ1v) is 11.4. The summed E-state index contributed by atoms with van der Waals surface area (Å²) in [7, 11) is -0.283. The zero-order valence-corrected chi connectivity index (χ0v) is 17.8. The van der Waals surface area contributed by atoms with E-state index in [-0.39, 0.29) is 18.9 Å². The summed E-state index contributed by atoms with van der Waals surface area (Å²) < 4.78 is 42.6. The molecule has 0 aliphatic heterocycles. The zero-order valence-electron chi connectivity index (χ0n) is 16.1. The fourth-order valence-corrected chi connectivity index (χ4v) is 4.09. The number of thiazole rings is 1. The van der Waals surface area contributed by atoms with Gasteiger partial charge in [0.05, 0.1) is 32.2 Å². The molecule has 1 N–H and O–H groups in total. The van der Waals surface area contributed by atoms with Crippen molar-refractivity contribution in [3.8, 4) is 27.8 Å². The predicted molar refractivity (Wildman–Crippen MR) is 113 cm³/mol. The van der Waals surface area contributed by atoms with Crippen molar-refractivity contribution < 1.29 is 22.6 Å². The monoisotopic (exact) mass is 434 g/mol. The third kappa shape index (κ3) is 6.18. The van der Waals surface area contributed by atoms with Crippen molar-refractivity contribution in [1.82, 2.24) is 9.71 Å². The lowest BCUT2D eigenvalue weighted by Crippen LogP contribution is -2.28. The number of ether oxygens (including phenoxy) is 3. The molecule has 0 saturated carbocycles. The molecule has 0 unspecified atom stereocenters. The van der Waals surface area contributed by atoms with Gasteiger partial charge in [-0.05, 0) is 48.5 Å². The van der Waals surface area contributed by atoms with E-state index in [0.717, 1.165) is 16.3 Å². The van der Waals surface area contributed by atoms with Gasteiger partial charge in [0.25, 0.3) is 0 Å². The van der Waals surface area contributed by atoms with Crippen LogP contribution >= 0.6 is 11.3 Å². The second-order valence-electron chi connectivity index (χ2n) is 6.04. The molecule has 0 aliphatic carbocycles. The smallest absolute Gasteiger partial charge is 0.215 e. The highest BCUT2D eigenvalue weighted by molar-refractivity contribution is 7.89. The van der Waals surface area contributed by atoms with Gasteiger partial charge < -0.3 is 14.2 Å². The van der Waals surface area contributed by atoms with Gasteiger partial charge in [-0.25, -0.2) is 18.1 Å². The predicted octanol–water partition coefficient (Wildman–Crippen LogP) is 3.33. The Bertz CT molecular complexity index is 1020. The van der Waals surface area contributed by atoms with Gasteiger partial charge in [0.1, 0.15) is 28.9 Å². The minimum absolute atomic E-state index is 0.0514. The first-order valence-electron chi connectivity index (χ1n) is 8.82. The van der Waals surface area contributed by atoms with Gasteiger partial charge in [-0.1, -0.05) is 0 Å². The standard InChI is InChI=1S/C20H22N2O5S2/c1-25-17-5-3-15(4-6-17)20-22-16(14-28-20)13-21-29(23,24)12-11-27-19-9-7-18(26-2)8-10-19/h3-10,14,21H,11-13H2,1-2H3. The summed E-state index contributed by atoms with van der Waals surface area (Å²) in [6.07, 6.45) is 0. The molecule has 1 heterocycles. The summed E-state index contributed by atoms with van der Waals surface area (Å²) in [6, 6.07) is 14.5. The Morgan fingerprint density at radius 3 is 2.14 bits per heavy atom. The number of sulfonamides is 1. The van der Waals surface area contributed by atoms with Gasteiger partial charge >= 0.3 is 0 Å². The molecule has 0 bridgehead atoms. The minimum atomic E-state index is -3.48. The lowest BCUT2D eigenvalue weighted by Gasteiger charge is -2.08. The van der Waals surface area contributed by atoms with Crippen LogP contribution in [0.1, 0.15) is 5.69 Å². The summed E-state index contributed by atoms with van der Waals surface area (Å²) in [5, 5.41) is 2.67. The maximum Gasteiger partial charge on any atom is 0.215 e. The number of aromatic nitrogens is 1. The van der Waals surface area contributed by atoms with Crippen molar-refractivity contribution in [3.05, 3.63) is 59.6 Å². The Hall–Kier alpha value is -2.62. The Balaban J connectivity index is 1.48. The van der Waals surface area contributed by atoms with Crippen molar-refractivity contribution in [2.75, 3.05) is 26.6 Å². The van der Waals surface area contributed by atoms with Crippen LogP contribution in [0.25, 0.3) is 10.6 Å². The SMILES string of the molecule is COc1ccc(OCCS(=O)(=O)NCc2csc(-c3ccc(OC)cc3)n2)cc1. The highest BCUT2D eigenvalue weighted by atomic mass is 32.2. The number of nitrogens with one attached hydrogen (secondary N) is 1. The van der Waals surface area contributed by atoms with Crippen molar-refractivity contribution >= 4 is 21.4 Å². The molecule has 2 aromatic carbocycles. The van der Waals surface area contributed by atoms with E-state index in [1.54, 1.807) is 38.5 Å². The zero-order chi connectivity index (χ0) is 20.7. The molecule has 0 radical (unpaired) electrons. The Morgan fingerprint density at radius 1 is 0.931 bits per heavy atom. The van der Waals surface area contributed by atoms with Crippen LogP contribution in [0.3, 0.4) is 0 Å². The van der Waals surface area contributed by atoms with E-state index in [9.17, 15) is 8.42 Å². The van der Waals surface area contributed by atoms with Gasteiger partial charge in [-0.3, -0.25) is 0 Å². The summed E-state index contributed by atoms with van der Waals surface area (Å²) >= 11 is 1.46. The van der Waals surface area contributed by atoms with Crippen LogP contribution in [0.5, 0.6) is 17.2 Å². The lowest BCUT2D eigenvalue weighted by molar-refractivity contribution is 0.339. The maximum atomic E-state index is 12.2. The molecule has 7 nitrogen and oxygen atoms in total. The van der Waals surface area contributed by atoms with E-state index in [4.69, 9.17) is 14.2 Å². The largest absolute Gasteiger partial charge is 0.497 e. The third-order valence-corrected chi connectivity index (χ3v) is 6.27. The van der Waals surface area contributed by atoms with Crippen LogP contribution < -0.4 is 18.9 Å². The molecule has 0 spiro atoms. The van der Waals surface area contributed by atoms with Gasteiger partial charge in [0, 0.05) is 10.9 Å².